The van der Waals surface area contributed by atoms with Crippen LogP contribution in [0.2, 0.25) is 0 Å². The molecule has 33 heavy (non-hydrogen) atoms. The highest BCUT2D eigenvalue weighted by atomic mass is 16.7. The average molecular weight is 463 g/mol. The first kappa shape index (κ1) is 27.3. The van der Waals surface area contributed by atoms with Gasteiger partial charge in [0.2, 0.25) is 5.91 Å². The van der Waals surface area contributed by atoms with E-state index >= 15 is 0 Å². The van der Waals surface area contributed by atoms with Crippen LogP contribution in [0.15, 0.2) is 30.3 Å². The molecule has 1 aliphatic rings. The highest BCUT2D eigenvalue weighted by molar-refractivity contribution is 5.86. The monoisotopic (exact) mass is 462 g/mol. The maximum Gasteiger partial charge on any atom is 0.306 e. The van der Waals surface area contributed by atoms with Crippen molar-refractivity contribution in [3.05, 3.63) is 35.9 Å². The number of hydrogen-bond acceptors (Lipinski definition) is 6. The quantitative estimate of drug-likeness (QED) is 0.319. The van der Waals surface area contributed by atoms with E-state index in [-0.39, 0.29) is 43.2 Å². The van der Waals surface area contributed by atoms with Gasteiger partial charge >= 0.3 is 5.97 Å². The zero-order valence-corrected chi connectivity index (χ0v) is 20.5. The Hall–Kier alpha value is -1.96. The summed E-state index contributed by atoms with van der Waals surface area (Å²) in [5, 5.41) is 2.93. The zero-order chi connectivity index (χ0) is 24.1. The highest BCUT2D eigenvalue weighted by Gasteiger charge is 2.37. The summed E-state index contributed by atoms with van der Waals surface area (Å²) >= 11 is 0. The first-order valence-electron chi connectivity index (χ1n) is 12.4. The maximum absolute atomic E-state index is 13.1. The van der Waals surface area contributed by atoms with Crippen LogP contribution in [-0.2, 0) is 30.4 Å². The Morgan fingerprint density at radius 3 is 2.61 bits per heavy atom. The number of nitrogens with two attached hydrogens (primary N) is 1. The van der Waals surface area contributed by atoms with Crippen LogP contribution in [0.25, 0.3) is 0 Å². The van der Waals surface area contributed by atoms with Gasteiger partial charge in [-0.2, -0.15) is 0 Å². The van der Waals surface area contributed by atoms with Crippen LogP contribution in [0, 0.1) is 5.92 Å². The second-order valence-corrected chi connectivity index (χ2v) is 9.43. The molecule has 0 aliphatic carbocycles. The summed E-state index contributed by atoms with van der Waals surface area (Å²) in [5.74, 6) is -0.209. The molecule has 7 heteroatoms. The van der Waals surface area contributed by atoms with Gasteiger partial charge in [0, 0.05) is 26.0 Å². The molecule has 1 aromatic carbocycles. The molecule has 1 amide bonds. The van der Waals surface area contributed by atoms with Crippen molar-refractivity contribution in [1.82, 2.24) is 5.32 Å². The Labute approximate surface area is 198 Å². The summed E-state index contributed by atoms with van der Waals surface area (Å²) in [4.78, 5) is 25.0. The fraction of sp³-hybridized carbons (Fsp3) is 0.692. The van der Waals surface area contributed by atoms with Crippen molar-refractivity contribution in [2.75, 3.05) is 13.2 Å². The maximum atomic E-state index is 13.1. The highest BCUT2D eigenvalue weighted by Crippen LogP contribution is 2.26. The van der Waals surface area contributed by atoms with Crippen molar-refractivity contribution in [3.8, 4) is 0 Å². The van der Waals surface area contributed by atoms with Gasteiger partial charge in [-0.25, -0.2) is 0 Å². The summed E-state index contributed by atoms with van der Waals surface area (Å²) in [5.41, 5.74) is 6.57. The number of benzene rings is 1. The largest absolute Gasteiger partial charge is 0.461 e. The number of nitrogens with one attached hydrogen (secondary N) is 1. The standard InChI is InChI=1S/C26H42N2O5/c1-4-22(33-24-14-8-9-16-31-24)18-26(27,17-20(2)3)25(30)28-15-10-13-23(29)32-19-21-11-6-5-7-12-21/h5-7,11-12,20,22,24H,4,8-10,13-19,27H2,1-3H3,(H,28,30). The predicted molar refractivity (Wildman–Crippen MR) is 128 cm³/mol. The minimum Gasteiger partial charge on any atom is -0.461 e. The Morgan fingerprint density at radius 2 is 1.97 bits per heavy atom. The van der Waals surface area contributed by atoms with Crippen molar-refractivity contribution in [3.63, 3.8) is 0 Å². The van der Waals surface area contributed by atoms with Gasteiger partial charge in [0.05, 0.1) is 11.6 Å². The van der Waals surface area contributed by atoms with Crippen molar-refractivity contribution in [2.45, 2.75) is 96.7 Å². The molecular weight excluding hydrogens is 420 g/mol. The average Bonchev–Trinajstić information content (AvgIpc) is 2.80. The summed E-state index contributed by atoms with van der Waals surface area (Å²) in [6, 6.07) is 9.56. The molecule has 1 heterocycles. The number of carbonyl (C=O) groups is 2. The number of carbonyl (C=O) groups excluding carboxylic acids is 2. The van der Waals surface area contributed by atoms with Crippen molar-refractivity contribution < 1.29 is 23.8 Å². The molecule has 186 valence electrons. The fourth-order valence-corrected chi connectivity index (χ4v) is 4.15. The molecule has 2 rings (SSSR count). The van der Waals surface area contributed by atoms with E-state index in [1.165, 1.54) is 0 Å². The Morgan fingerprint density at radius 1 is 1.21 bits per heavy atom. The number of amides is 1. The number of rotatable bonds is 14. The first-order valence-corrected chi connectivity index (χ1v) is 12.4. The first-order chi connectivity index (χ1) is 15.8. The van der Waals surface area contributed by atoms with E-state index in [4.69, 9.17) is 19.9 Å². The van der Waals surface area contributed by atoms with Crippen LogP contribution >= 0.6 is 0 Å². The lowest BCUT2D eigenvalue weighted by Gasteiger charge is -2.35. The van der Waals surface area contributed by atoms with Gasteiger partial charge in [0.15, 0.2) is 6.29 Å². The third kappa shape index (κ3) is 10.2. The summed E-state index contributed by atoms with van der Waals surface area (Å²) in [6.07, 6.45) is 5.18. The number of esters is 1. The Balaban J connectivity index is 1.79. The SMILES string of the molecule is CCC(CC(N)(CC(C)C)C(=O)NCCCC(=O)OCc1ccccc1)OC1CCCCO1. The summed E-state index contributed by atoms with van der Waals surface area (Å²) in [6.45, 7) is 7.51. The van der Waals surface area contributed by atoms with Gasteiger partial charge < -0.3 is 25.3 Å². The Kier molecular flexibility index (Phi) is 11.9. The molecule has 0 bridgehead atoms. The second kappa shape index (κ2) is 14.3. The molecule has 0 radical (unpaired) electrons. The lowest BCUT2D eigenvalue weighted by molar-refractivity contribution is -0.193. The molecule has 1 saturated heterocycles. The predicted octanol–water partition coefficient (Wildman–Crippen LogP) is 4.08. The van der Waals surface area contributed by atoms with E-state index in [9.17, 15) is 9.59 Å². The van der Waals surface area contributed by atoms with Crippen LogP contribution in [0.3, 0.4) is 0 Å². The molecule has 1 aromatic rings. The van der Waals surface area contributed by atoms with E-state index in [0.717, 1.165) is 37.9 Å². The van der Waals surface area contributed by atoms with Gasteiger partial charge in [-0.05, 0) is 50.0 Å². The molecule has 3 N–H and O–H groups in total. The van der Waals surface area contributed by atoms with E-state index in [1.54, 1.807) is 0 Å². The van der Waals surface area contributed by atoms with E-state index in [2.05, 4.69) is 19.2 Å². The van der Waals surface area contributed by atoms with Gasteiger partial charge in [-0.3, -0.25) is 9.59 Å². The summed E-state index contributed by atoms with van der Waals surface area (Å²) in [7, 11) is 0. The van der Waals surface area contributed by atoms with E-state index in [1.807, 2.05) is 37.3 Å². The fourth-order valence-electron chi connectivity index (χ4n) is 4.15. The van der Waals surface area contributed by atoms with Gasteiger partial charge in [-0.1, -0.05) is 51.1 Å². The lowest BCUT2D eigenvalue weighted by Crippen LogP contribution is -2.57. The lowest BCUT2D eigenvalue weighted by atomic mass is 9.83. The molecule has 0 saturated carbocycles. The second-order valence-electron chi connectivity index (χ2n) is 9.43. The molecule has 0 aromatic heterocycles. The van der Waals surface area contributed by atoms with E-state index in [0.29, 0.717) is 25.8 Å². The summed E-state index contributed by atoms with van der Waals surface area (Å²) < 4.78 is 17.1. The third-order valence-corrected chi connectivity index (χ3v) is 5.84. The smallest absolute Gasteiger partial charge is 0.306 e. The molecule has 3 atom stereocenters. The molecule has 1 fully saturated rings. The minimum absolute atomic E-state index is 0.143. The normalized spacial score (nSPS) is 19.0. The van der Waals surface area contributed by atoms with Gasteiger partial charge in [-0.15, -0.1) is 0 Å². The van der Waals surface area contributed by atoms with Crippen molar-refractivity contribution >= 4 is 11.9 Å². The van der Waals surface area contributed by atoms with Crippen molar-refractivity contribution in [1.29, 1.82) is 0 Å². The molecule has 3 unspecified atom stereocenters. The van der Waals surface area contributed by atoms with Crippen LogP contribution in [0.5, 0.6) is 0 Å². The zero-order valence-electron chi connectivity index (χ0n) is 20.5. The van der Waals surface area contributed by atoms with Crippen LogP contribution in [0.1, 0.15) is 77.7 Å². The third-order valence-electron chi connectivity index (χ3n) is 5.84. The van der Waals surface area contributed by atoms with Crippen LogP contribution < -0.4 is 11.1 Å². The van der Waals surface area contributed by atoms with Crippen LogP contribution in [0.4, 0.5) is 0 Å². The van der Waals surface area contributed by atoms with Crippen molar-refractivity contribution in [2.24, 2.45) is 11.7 Å². The minimum atomic E-state index is -1.03. The van der Waals surface area contributed by atoms with Gasteiger partial charge in [0.1, 0.15) is 6.61 Å². The van der Waals surface area contributed by atoms with E-state index < -0.39 is 5.54 Å². The number of hydrogen-bond donors (Lipinski definition) is 2. The molecular formula is C26H42N2O5. The number of ether oxygens (including phenoxy) is 3. The molecule has 7 nitrogen and oxygen atoms in total. The van der Waals surface area contributed by atoms with Gasteiger partial charge in [0.25, 0.3) is 0 Å². The Bertz CT molecular complexity index is 706. The topological polar surface area (TPSA) is 99.9 Å². The van der Waals surface area contributed by atoms with Crippen LogP contribution in [-0.4, -0.2) is 43.0 Å². The molecule has 0 spiro atoms. The molecule has 1 aliphatic heterocycles.